The highest BCUT2D eigenvalue weighted by molar-refractivity contribution is 6.00. The number of halogens is 1. The van der Waals surface area contributed by atoms with Crippen molar-refractivity contribution in [1.29, 1.82) is 0 Å². The number of likely N-dealkylation sites (tertiary alicyclic amines) is 1. The maximum Gasteiger partial charge on any atom is 0.407 e. The van der Waals surface area contributed by atoms with E-state index in [9.17, 15) is 28.4 Å². The molecule has 3 fully saturated rings. The van der Waals surface area contributed by atoms with Crippen LogP contribution in [0.3, 0.4) is 0 Å². The van der Waals surface area contributed by atoms with Gasteiger partial charge in [0.05, 0.1) is 12.1 Å². The molecule has 2 aromatic rings. The maximum atomic E-state index is 14.3. The van der Waals surface area contributed by atoms with Crippen LogP contribution >= 0.6 is 0 Å². The Bertz CT molecular complexity index is 1620. The second-order valence-electron chi connectivity index (χ2n) is 15.9. The predicted octanol–water partition coefficient (Wildman–Crippen LogP) is 5.71. The number of hydrogen-bond acceptors (Lipinski definition) is 9. The molecule has 0 unspecified atom stereocenters. The Morgan fingerprint density at radius 1 is 0.981 bits per heavy atom. The second kappa shape index (κ2) is 17.3. The van der Waals surface area contributed by atoms with Gasteiger partial charge in [-0.3, -0.25) is 14.4 Å². The lowest BCUT2D eigenvalue weighted by atomic mass is 9.75. The van der Waals surface area contributed by atoms with E-state index in [4.69, 9.17) is 18.6 Å². The van der Waals surface area contributed by atoms with E-state index in [1.807, 2.05) is 0 Å². The summed E-state index contributed by atoms with van der Waals surface area (Å²) in [6.07, 6.45) is 6.11. The summed E-state index contributed by atoms with van der Waals surface area (Å²) >= 11 is 0. The van der Waals surface area contributed by atoms with Gasteiger partial charge in [-0.1, -0.05) is 0 Å². The van der Waals surface area contributed by atoms with Crippen LogP contribution < -0.4 is 10.6 Å². The zero-order valence-corrected chi connectivity index (χ0v) is 31.8. The van der Waals surface area contributed by atoms with Gasteiger partial charge < -0.3 is 39.1 Å². The number of benzene rings is 1. The topological polar surface area (TPSA) is 157 Å². The summed E-state index contributed by atoms with van der Waals surface area (Å²) in [7, 11) is 4.85. The van der Waals surface area contributed by atoms with Crippen LogP contribution in [0.25, 0.3) is 11.0 Å². The molecule has 2 aliphatic carbocycles. The minimum atomic E-state index is -0.776. The van der Waals surface area contributed by atoms with Crippen LogP contribution in [0, 0.1) is 23.7 Å². The third kappa shape index (κ3) is 10.1. The lowest BCUT2D eigenvalue weighted by Crippen LogP contribution is -2.50. The smallest absolute Gasteiger partial charge is 0.407 e. The Morgan fingerprint density at radius 3 is 2.30 bits per heavy atom. The summed E-state index contributed by atoms with van der Waals surface area (Å²) in [6.45, 7) is 4.59. The van der Waals surface area contributed by atoms with E-state index in [2.05, 4.69) is 10.6 Å². The number of alkyl halides is 1. The van der Waals surface area contributed by atoms with E-state index in [1.165, 1.54) is 11.0 Å². The Kier molecular flexibility index (Phi) is 13.1. The van der Waals surface area contributed by atoms with Gasteiger partial charge in [0.25, 0.3) is 5.91 Å². The number of amides is 4. The van der Waals surface area contributed by atoms with Crippen LogP contribution in [0.2, 0.25) is 0 Å². The Morgan fingerprint density at radius 2 is 1.68 bits per heavy atom. The molecule has 0 bridgehead atoms. The molecule has 292 valence electrons. The van der Waals surface area contributed by atoms with Gasteiger partial charge in [-0.25, -0.2) is 14.0 Å². The normalized spacial score (nSPS) is 25.4. The zero-order valence-electron chi connectivity index (χ0n) is 31.8. The molecule has 1 aliphatic heterocycles. The van der Waals surface area contributed by atoms with Gasteiger partial charge in [0.15, 0.2) is 6.61 Å². The van der Waals surface area contributed by atoms with Crippen molar-refractivity contribution in [3.63, 3.8) is 0 Å². The Labute approximate surface area is 310 Å². The first-order valence-electron chi connectivity index (χ1n) is 18.8. The number of carbonyl (C=O) groups excluding carboxylic acids is 5. The molecule has 3 aliphatic rings. The number of esters is 1. The van der Waals surface area contributed by atoms with Crippen molar-refractivity contribution in [2.24, 2.45) is 23.7 Å². The number of methoxy groups -OCH3 is 1. The SMILES string of the molecule is COC1CCC([C@@H]2CCN(C(=O)[C@H]3CC[C@H]([C@@H](CF)NC(=O)OC(C)(C)C)CC3)[C@@H]2C(=O)Nc2ccc3oc(C(=O)OCC(=O)N(C)C)cc3c2)CC1. The fourth-order valence-electron chi connectivity index (χ4n) is 8.16. The molecular formula is C39H55FN4O9. The van der Waals surface area contributed by atoms with Crippen molar-refractivity contribution < 1.29 is 47.0 Å². The molecule has 2 N–H and O–H groups in total. The molecule has 3 atom stereocenters. The standard InChI is InChI=1S/C39H55FN4O9/c1-39(2,3)53-38(49)42-30(21-40)24-7-9-25(10-8-24)36(47)44-18-17-29(23-11-14-28(50-6)15-12-23)34(44)35(46)41-27-13-16-31-26(19-27)20-32(52-31)37(48)51-22-33(45)43(4)5/h13,16,19-20,23-25,28-30,34H,7-12,14-15,17-18,21-22H2,1-6H3,(H,41,46)(H,42,49)/t23?,24-,25-,28?,29-,30+,34-/m0/s1. The van der Waals surface area contributed by atoms with Crippen LogP contribution in [-0.4, -0.2) is 104 Å². The molecule has 1 aromatic carbocycles. The third-order valence-electron chi connectivity index (χ3n) is 11.0. The van der Waals surface area contributed by atoms with E-state index < -0.39 is 43.0 Å². The summed E-state index contributed by atoms with van der Waals surface area (Å²) in [5.74, 6) is -1.73. The summed E-state index contributed by atoms with van der Waals surface area (Å²) in [6, 6.07) is 5.17. The lowest BCUT2D eigenvalue weighted by Gasteiger charge is -2.38. The summed E-state index contributed by atoms with van der Waals surface area (Å²) < 4.78 is 35.8. The van der Waals surface area contributed by atoms with Crippen molar-refractivity contribution >= 4 is 46.4 Å². The van der Waals surface area contributed by atoms with Crippen molar-refractivity contribution in [2.45, 2.75) is 102 Å². The predicted molar refractivity (Wildman–Crippen MR) is 195 cm³/mol. The fraction of sp³-hybridized carbons (Fsp3) is 0.667. The number of fused-ring (bicyclic) bond motifs is 1. The Hall–Kier alpha value is -4.20. The van der Waals surface area contributed by atoms with E-state index in [-0.39, 0.29) is 53.3 Å². The lowest BCUT2D eigenvalue weighted by molar-refractivity contribution is -0.142. The molecule has 0 spiro atoms. The fourth-order valence-corrected chi connectivity index (χ4v) is 8.16. The average Bonchev–Trinajstić information content (AvgIpc) is 3.77. The van der Waals surface area contributed by atoms with E-state index >= 15 is 0 Å². The summed E-state index contributed by atoms with van der Waals surface area (Å²) in [5.41, 5.74) is 0.198. The summed E-state index contributed by atoms with van der Waals surface area (Å²) in [4.78, 5) is 68.3. The highest BCUT2D eigenvalue weighted by Gasteiger charge is 2.47. The van der Waals surface area contributed by atoms with E-state index in [1.54, 1.807) is 65.1 Å². The molecule has 1 saturated heterocycles. The van der Waals surface area contributed by atoms with Crippen molar-refractivity contribution in [1.82, 2.24) is 15.1 Å². The van der Waals surface area contributed by atoms with Crippen LogP contribution in [0.1, 0.15) is 89.1 Å². The average molecular weight is 743 g/mol. The van der Waals surface area contributed by atoms with Crippen LogP contribution in [0.5, 0.6) is 0 Å². The monoisotopic (exact) mass is 742 g/mol. The number of furan rings is 1. The third-order valence-corrected chi connectivity index (χ3v) is 11.0. The highest BCUT2D eigenvalue weighted by atomic mass is 19.1. The molecule has 4 amide bonds. The minimum Gasteiger partial charge on any atom is -0.450 e. The number of nitrogens with one attached hydrogen (secondary N) is 2. The van der Waals surface area contributed by atoms with Crippen LogP contribution in [-0.2, 0) is 28.6 Å². The van der Waals surface area contributed by atoms with Crippen molar-refractivity contribution in [2.75, 3.05) is 46.3 Å². The van der Waals surface area contributed by atoms with Crippen molar-refractivity contribution in [3.8, 4) is 0 Å². The number of rotatable bonds is 11. The van der Waals surface area contributed by atoms with Gasteiger partial charge in [-0.15, -0.1) is 0 Å². The number of anilines is 1. The number of likely N-dealkylation sites (N-methyl/N-ethyl adjacent to an activating group) is 1. The molecule has 0 radical (unpaired) electrons. The van der Waals surface area contributed by atoms with Gasteiger partial charge in [-0.2, -0.15) is 0 Å². The minimum absolute atomic E-state index is 0.0223. The molecule has 2 heterocycles. The van der Waals surface area contributed by atoms with E-state index in [0.29, 0.717) is 55.3 Å². The Balaban J connectivity index is 1.27. The van der Waals surface area contributed by atoms with Gasteiger partial charge in [0.2, 0.25) is 17.6 Å². The molecule has 14 heteroatoms. The molecule has 53 heavy (non-hydrogen) atoms. The number of ether oxygens (including phenoxy) is 3. The molecule has 1 aromatic heterocycles. The highest BCUT2D eigenvalue weighted by Crippen LogP contribution is 2.42. The largest absolute Gasteiger partial charge is 0.450 e. The number of nitrogens with zero attached hydrogens (tertiary/aromatic N) is 2. The molecule has 13 nitrogen and oxygen atoms in total. The first-order chi connectivity index (χ1) is 25.2. The molecule has 2 saturated carbocycles. The number of hydrogen-bond donors (Lipinski definition) is 2. The number of alkyl carbamates (subject to hydrolysis) is 1. The second-order valence-corrected chi connectivity index (χ2v) is 15.9. The van der Waals surface area contributed by atoms with Crippen LogP contribution in [0.4, 0.5) is 14.9 Å². The quantitative estimate of drug-likeness (QED) is 0.276. The first kappa shape index (κ1) is 40.0. The van der Waals surface area contributed by atoms with Gasteiger partial charge >= 0.3 is 12.1 Å². The van der Waals surface area contributed by atoms with Gasteiger partial charge in [-0.05, 0) is 121 Å². The maximum absolute atomic E-state index is 14.3. The van der Waals surface area contributed by atoms with E-state index in [0.717, 1.165) is 25.7 Å². The van der Waals surface area contributed by atoms with Crippen LogP contribution in [0.15, 0.2) is 28.7 Å². The zero-order chi connectivity index (χ0) is 38.4. The molecular weight excluding hydrogens is 687 g/mol. The van der Waals surface area contributed by atoms with Gasteiger partial charge in [0, 0.05) is 44.7 Å². The van der Waals surface area contributed by atoms with Gasteiger partial charge in [0.1, 0.15) is 23.9 Å². The first-order valence-corrected chi connectivity index (χ1v) is 18.8. The summed E-state index contributed by atoms with van der Waals surface area (Å²) in [5, 5.41) is 6.29. The van der Waals surface area contributed by atoms with Crippen molar-refractivity contribution in [3.05, 3.63) is 30.0 Å². The molecule has 5 rings (SSSR count). The number of carbonyl (C=O) groups is 5.